The van der Waals surface area contributed by atoms with E-state index in [9.17, 15) is 4.79 Å². The van der Waals surface area contributed by atoms with Crippen LogP contribution in [0.5, 0.6) is 5.75 Å². The maximum Gasteiger partial charge on any atom is 0.368 e. The van der Waals surface area contributed by atoms with Gasteiger partial charge in [-0.05, 0) is 30.7 Å². The molecule has 0 radical (unpaired) electrons. The molecule has 22 heavy (non-hydrogen) atoms. The fourth-order valence-electron chi connectivity index (χ4n) is 2.21. The lowest BCUT2D eigenvalue weighted by Crippen LogP contribution is -2.06. The molecule has 1 aliphatic rings. The Bertz CT molecular complexity index is 731. The molecule has 0 aliphatic carbocycles. The molecule has 0 spiro atoms. The fourth-order valence-corrected chi connectivity index (χ4v) is 2.21. The molecule has 0 saturated heterocycles. The molecule has 2 aromatic rings. The van der Waals surface area contributed by atoms with Crippen LogP contribution in [0.1, 0.15) is 18.1 Å². The lowest BCUT2D eigenvalue weighted by Gasteiger charge is -2.03. The van der Waals surface area contributed by atoms with E-state index >= 15 is 0 Å². The van der Waals surface area contributed by atoms with Crippen molar-refractivity contribution in [2.24, 2.45) is 5.16 Å². The molecule has 110 valence electrons. The first-order valence-electron chi connectivity index (χ1n) is 7.07. The summed E-state index contributed by atoms with van der Waals surface area (Å²) < 4.78 is 5.41. The highest BCUT2D eigenvalue weighted by atomic mass is 16.7. The van der Waals surface area contributed by atoms with Crippen LogP contribution < -0.4 is 4.74 Å². The molecule has 4 nitrogen and oxygen atoms in total. The smallest absolute Gasteiger partial charge is 0.368 e. The molecular formula is C18H15NO3. The lowest BCUT2D eigenvalue weighted by molar-refractivity contribution is -0.136. The predicted molar refractivity (Wildman–Crippen MR) is 84.7 cm³/mol. The van der Waals surface area contributed by atoms with Crippen LogP contribution in [0.25, 0.3) is 6.08 Å². The second-order valence-electron chi connectivity index (χ2n) is 4.74. The maximum atomic E-state index is 11.9. The van der Waals surface area contributed by atoms with Crippen LogP contribution in [0.2, 0.25) is 0 Å². The summed E-state index contributed by atoms with van der Waals surface area (Å²) >= 11 is 0. The molecule has 0 amide bonds. The number of hydrogen-bond acceptors (Lipinski definition) is 4. The number of rotatable bonds is 4. The summed E-state index contributed by atoms with van der Waals surface area (Å²) in [6.07, 6.45) is 1.77. The molecule has 0 saturated carbocycles. The first-order valence-corrected chi connectivity index (χ1v) is 7.07. The summed E-state index contributed by atoms with van der Waals surface area (Å²) in [6.45, 7) is 2.56. The Hall–Kier alpha value is -2.88. The van der Waals surface area contributed by atoms with E-state index in [1.807, 2.05) is 61.5 Å². The number of carbonyl (C=O) groups is 1. The molecule has 1 heterocycles. The zero-order valence-corrected chi connectivity index (χ0v) is 12.2. The summed E-state index contributed by atoms with van der Waals surface area (Å²) in [6, 6.07) is 17.0. The summed E-state index contributed by atoms with van der Waals surface area (Å²) in [4.78, 5) is 16.7. The number of ether oxygens (including phenoxy) is 1. The van der Waals surface area contributed by atoms with E-state index in [0.29, 0.717) is 17.9 Å². The van der Waals surface area contributed by atoms with Gasteiger partial charge in [-0.15, -0.1) is 0 Å². The average Bonchev–Trinajstić information content (AvgIpc) is 2.91. The highest BCUT2D eigenvalue weighted by Crippen LogP contribution is 2.21. The van der Waals surface area contributed by atoms with E-state index in [1.54, 1.807) is 6.08 Å². The minimum absolute atomic E-state index is 0.437. The minimum atomic E-state index is -0.437. The molecule has 0 bridgehead atoms. The van der Waals surface area contributed by atoms with Crippen molar-refractivity contribution < 1.29 is 14.4 Å². The maximum absolute atomic E-state index is 11.9. The van der Waals surface area contributed by atoms with Crippen molar-refractivity contribution in [2.45, 2.75) is 6.92 Å². The Morgan fingerprint density at radius 1 is 1.09 bits per heavy atom. The largest absolute Gasteiger partial charge is 0.494 e. The summed E-state index contributed by atoms with van der Waals surface area (Å²) in [7, 11) is 0. The normalized spacial score (nSPS) is 15.6. The molecule has 3 rings (SSSR count). The SMILES string of the molecule is CCOc1ccc(C=C2C(=O)ON=C2c2ccccc2)cc1. The van der Waals surface area contributed by atoms with Gasteiger partial charge in [0.1, 0.15) is 11.5 Å². The van der Waals surface area contributed by atoms with Crippen LogP contribution in [-0.2, 0) is 9.63 Å². The summed E-state index contributed by atoms with van der Waals surface area (Å²) in [5.74, 6) is 0.364. The topological polar surface area (TPSA) is 47.9 Å². The third-order valence-corrected chi connectivity index (χ3v) is 3.24. The Morgan fingerprint density at radius 3 is 2.50 bits per heavy atom. The van der Waals surface area contributed by atoms with Gasteiger partial charge in [-0.1, -0.05) is 47.6 Å². The minimum Gasteiger partial charge on any atom is -0.494 e. The van der Waals surface area contributed by atoms with Crippen molar-refractivity contribution in [2.75, 3.05) is 6.61 Å². The van der Waals surface area contributed by atoms with E-state index in [1.165, 1.54) is 0 Å². The van der Waals surface area contributed by atoms with Crippen LogP contribution in [0.15, 0.2) is 65.3 Å². The summed E-state index contributed by atoms with van der Waals surface area (Å²) in [5, 5.41) is 3.89. The number of nitrogens with zero attached hydrogens (tertiary/aromatic N) is 1. The van der Waals surface area contributed by atoms with Gasteiger partial charge in [0.15, 0.2) is 0 Å². The average molecular weight is 293 g/mol. The molecule has 4 heteroatoms. The van der Waals surface area contributed by atoms with Gasteiger partial charge in [0, 0.05) is 5.56 Å². The summed E-state index contributed by atoms with van der Waals surface area (Å²) in [5.41, 5.74) is 2.75. The van der Waals surface area contributed by atoms with Crippen molar-refractivity contribution in [3.05, 3.63) is 71.3 Å². The van der Waals surface area contributed by atoms with Gasteiger partial charge in [-0.2, -0.15) is 0 Å². The quantitative estimate of drug-likeness (QED) is 0.641. The molecule has 0 aromatic heterocycles. The monoisotopic (exact) mass is 293 g/mol. The fraction of sp³-hybridized carbons (Fsp3) is 0.111. The second kappa shape index (κ2) is 6.26. The zero-order chi connectivity index (χ0) is 15.4. The highest BCUT2D eigenvalue weighted by molar-refractivity contribution is 6.31. The van der Waals surface area contributed by atoms with Crippen LogP contribution in [-0.4, -0.2) is 18.3 Å². The lowest BCUT2D eigenvalue weighted by atomic mass is 10.0. The number of oxime groups is 1. The Labute approximate surface area is 128 Å². The number of hydrogen-bond donors (Lipinski definition) is 0. The van der Waals surface area contributed by atoms with Gasteiger partial charge in [-0.3, -0.25) is 0 Å². The van der Waals surface area contributed by atoms with Crippen molar-refractivity contribution in [3.8, 4) is 5.75 Å². The van der Waals surface area contributed by atoms with Crippen LogP contribution in [0.3, 0.4) is 0 Å². The van der Waals surface area contributed by atoms with E-state index < -0.39 is 5.97 Å². The highest BCUT2D eigenvalue weighted by Gasteiger charge is 2.26. The Balaban J connectivity index is 1.91. The van der Waals surface area contributed by atoms with Crippen LogP contribution >= 0.6 is 0 Å². The third-order valence-electron chi connectivity index (χ3n) is 3.24. The van der Waals surface area contributed by atoms with Crippen LogP contribution in [0, 0.1) is 0 Å². The zero-order valence-electron chi connectivity index (χ0n) is 12.2. The molecule has 0 unspecified atom stereocenters. The second-order valence-corrected chi connectivity index (χ2v) is 4.74. The first kappa shape index (κ1) is 14.1. The van der Waals surface area contributed by atoms with Gasteiger partial charge in [0.2, 0.25) is 0 Å². The van der Waals surface area contributed by atoms with Gasteiger partial charge < -0.3 is 9.57 Å². The number of benzene rings is 2. The standard InChI is InChI=1S/C18H15NO3/c1-2-21-15-10-8-13(9-11-15)12-16-17(19-22-18(16)20)14-6-4-3-5-7-14/h3-12H,2H2,1H3. The molecular weight excluding hydrogens is 278 g/mol. The van der Waals surface area contributed by atoms with E-state index in [-0.39, 0.29) is 0 Å². The Kier molecular flexibility index (Phi) is 4.01. The van der Waals surface area contributed by atoms with Gasteiger partial charge >= 0.3 is 5.97 Å². The van der Waals surface area contributed by atoms with Gasteiger partial charge in [0.05, 0.1) is 12.2 Å². The van der Waals surface area contributed by atoms with Crippen LogP contribution in [0.4, 0.5) is 0 Å². The van der Waals surface area contributed by atoms with Gasteiger partial charge in [-0.25, -0.2) is 4.79 Å². The van der Waals surface area contributed by atoms with Gasteiger partial charge in [0.25, 0.3) is 0 Å². The Morgan fingerprint density at radius 2 is 1.82 bits per heavy atom. The van der Waals surface area contributed by atoms with E-state index in [2.05, 4.69) is 5.16 Å². The predicted octanol–water partition coefficient (Wildman–Crippen LogP) is 3.43. The van der Waals surface area contributed by atoms with E-state index in [0.717, 1.165) is 16.9 Å². The molecule has 0 atom stereocenters. The van der Waals surface area contributed by atoms with Crippen molar-refractivity contribution in [1.29, 1.82) is 0 Å². The molecule has 0 fully saturated rings. The third kappa shape index (κ3) is 2.91. The van der Waals surface area contributed by atoms with Crippen molar-refractivity contribution >= 4 is 17.8 Å². The molecule has 0 N–H and O–H groups in total. The van der Waals surface area contributed by atoms with E-state index in [4.69, 9.17) is 9.57 Å². The molecule has 2 aromatic carbocycles. The number of carbonyl (C=O) groups excluding carboxylic acids is 1. The molecule has 1 aliphatic heterocycles. The first-order chi connectivity index (χ1) is 10.8. The van der Waals surface area contributed by atoms with Crippen molar-refractivity contribution in [1.82, 2.24) is 0 Å². The van der Waals surface area contributed by atoms with Crippen molar-refractivity contribution in [3.63, 3.8) is 0 Å².